The third-order valence-corrected chi connectivity index (χ3v) is 7.84. The van der Waals surface area contributed by atoms with E-state index in [1.54, 1.807) is 64.1 Å². The second-order valence-corrected chi connectivity index (χ2v) is 10.6. The van der Waals surface area contributed by atoms with Gasteiger partial charge in [-0.2, -0.15) is 0 Å². The van der Waals surface area contributed by atoms with Crippen molar-refractivity contribution < 1.29 is 23.8 Å². The second kappa shape index (κ2) is 11.0. The van der Waals surface area contributed by atoms with Gasteiger partial charge in [0.15, 0.2) is 4.80 Å². The van der Waals surface area contributed by atoms with Crippen molar-refractivity contribution in [1.29, 1.82) is 0 Å². The number of fused-ring (bicyclic) bond motifs is 1. The van der Waals surface area contributed by atoms with Gasteiger partial charge in [-0.15, -0.1) is 0 Å². The minimum absolute atomic E-state index is 0.0390. The van der Waals surface area contributed by atoms with E-state index in [-0.39, 0.29) is 28.1 Å². The van der Waals surface area contributed by atoms with Crippen molar-refractivity contribution in [3.8, 4) is 11.3 Å². The lowest BCUT2D eigenvalue weighted by Crippen LogP contribution is -2.40. The lowest BCUT2D eigenvalue weighted by atomic mass is 9.94. The third kappa shape index (κ3) is 5.05. The lowest BCUT2D eigenvalue weighted by molar-refractivity contribution is -0.385. The van der Waals surface area contributed by atoms with Crippen molar-refractivity contribution in [1.82, 2.24) is 4.57 Å². The molecule has 5 rings (SSSR count). The zero-order valence-electron chi connectivity index (χ0n) is 22.9. The van der Waals surface area contributed by atoms with Crippen LogP contribution in [0.1, 0.15) is 42.3 Å². The van der Waals surface area contributed by atoms with Crippen LogP contribution < -0.4 is 14.9 Å². The molecule has 0 saturated carbocycles. The first kappa shape index (κ1) is 28.4. The van der Waals surface area contributed by atoms with Gasteiger partial charge in [0.2, 0.25) is 0 Å². The summed E-state index contributed by atoms with van der Waals surface area (Å²) in [5.41, 5.74) is 1.58. The monoisotopic (exact) mass is 588 g/mol. The van der Waals surface area contributed by atoms with E-state index in [9.17, 15) is 29.8 Å². The van der Waals surface area contributed by atoms with E-state index in [1.807, 2.05) is 0 Å². The molecule has 0 saturated heterocycles. The van der Waals surface area contributed by atoms with Crippen LogP contribution in [-0.4, -0.2) is 27.0 Å². The van der Waals surface area contributed by atoms with Crippen LogP contribution in [0, 0.1) is 34.1 Å². The van der Waals surface area contributed by atoms with Crippen LogP contribution in [0.4, 0.5) is 11.4 Å². The summed E-state index contributed by atoms with van der Waals surface area (Å²) in [5.74, 6) is 0.0221. The minimum Gasteiger partial charge on any atom is -0.463 e. The Morgan fingerprint density at radius 1 is 1.05 bits per heavy atom. The lowest BCUT2D eigenvalue weighted by Gasteiger charge is -2.24. The van der Waals surface area contributed by atoms with Crippen LogP contribution >= 0.6 is 11.3 Å². The molecule has 0 amide bonds. The molecule has 1 aliphatic heterocycles. The normalized spacial score (nSPS) is 14.9. The zero-order chi connectivity index (χ0) is 30.3. The summed E-state index contributed by atoms with van der Waals surface area (Å²) in [6.07, 6.45) is 1.52. The smallest absolute Gasteiger partial charge is 0.338 e. The molecule has 0 bridgehead atoms. The summed E-state index contributed by atoms with van der Waals surface area (Å²) in [6.45, 7) is 6.62. The van der Waals surface area contributed by atoms with Crippen LogP contribution in [0.2, 0.25) is 0 Å². The van der Waals surface area contributed by atoms with Crippen LogP contribution in [0.15, 0.2) is 74.0 Å². The van der Waals surface area contributed by atoms with E-state index in [2.05, 4.69) is 4.99 Å². The van der Waals surface area contributed by atoms with Gasteiger partial charge in [-0.05, 0) is 45.4 Å². The number of nitro groups is 2. The fourth-order valence-corrected chi connectivity index (χ4v) is 5.80. The predicted molar refractivity (Wildman–Crippen MR) is 154 cm³/mol. The van der Waals surface area contributed by atoms with Crippen molar-refractivity contribution in [3.63, 3.8) is 0 Å². The first-order valence-corrected chi connectivity index (χ1v) is 13.6. The maximum Gasteiger partial charge on any atom is 0.338 e. The molecule has 2 aromatic heterocycles. The summed E-state index contributed by atoms with van der Waals surface area (Å²) in [4.78, 5) is 53.8. The Labute approximate surface area is 241 Å². The number of rotatable bonds is 7. The number of thiazole rings is 1. The van der Waals surface area contributed by atoms with Gasteiger partial charge in [-0.1, -0.05) is 35.6 Å². The molecule has 0 unspecified atom stereocenters. The van der Waals surface area contributed by atoms with E-state index in [4.69, 9.17) is 9.15 Å². The van der Waals surface area contributed by atoms with E-state index in [0.717, 1.165) is 11.3 Å². The fourth-order valence-electron chi connectivity index (χ4n) is 4.77. The number of allylic oxidation sites excluding steroid dienone is 1. The minimum atomic E-state index is -1.01. The number of aryl methyl sites for hydroxylation is 2. The maximum atomic E-state index is 13.8. The van der Waals surface area contributed by atoms with Gasteiger partial charge in [0, 0.05) is 34.9 Å². The molecular weight excluding hydrogens is 564 g/mol. The van der Waals surface area contributed by atoms with Crippen LogP contribution in [0.3, 0.4) is 0 Å². The van der Waals surface area contributed by atoms with E-state index in [1.165, 1.54) is 22.8 Å². The van der Waals surface area contributed by atoms with Crippen LogP contribution in [0.25, 0.3) is 17.4 Å². The number of nitrogens with zero attached hydrogens (tertiary/aromatic N) is 4. The molecule has 0 aliphatic carbocycles. The van der Waals surface area contributed by atoms with Crippen molar-refractivity contribution in [2.75, 3.05) is 6.61 Å². The molecule has 0 radical (unpaired) electrons. The van der Waals surface area contributed by atoms with Gasteiger partial charge >= 0.3 is 5.97 Å². The molecule has 1 atom stereocenters. The summed E-state index contributed by atoms with van der Waals surface area (Å²) >= 11 is 1.07. The Bertz CT molecular complexity index is 2000. The molecule has 0 fully saturated rings. The molecule has 1 aliphatic rings. The number of esters is 1. The Morgan fingerprint density at radius 3 is 2.38 bits per heavy atom. The van der Waals surface area contributed by atoms with Gasteiger partial charge < -0.3 is 9.15 Å². The highest BCUT2D eigenvalue weighted by Crippen LogP contribution is 2.33. The van der Waals surface area contributed by atoms with Gasteiger partial charge in [0.1, 0.15) is 11.5 Å². The predicted octanol–water partition coefficient (Wildman–Crippen LogP) is 4.49. The van der Waals surface area contributed by atoms with Crippen molar-refractivity contribution in [2.24, 2.45) is 4.99 Å². The molecule has 2 aromatic carbocycles. The molecule has 12 nitrogen and oxygen atoms in total. The summed E-state index contributed by atoms with van der Waals surface area (Å²) in [7, 11) is 0. The van der Waals surface area contributed by atoms with Gasteiger partial charge in [0.25, 0.3) is 16.9 Å². The molecular formula is C29H24N4O8S. The van der Waals surface area contributed by atoms with Crippen LogP contribution in [-0.2, 0) is 9.53 Å². The number of aromatic nitrogens is 1. The van der Waals surface area contributed by atoms with Gasteiger partial charge in [0.05, 0.1) is 38.3 Å². The molecule has 13 heteroatoms. The fraction of sp³-hybridized carbons (Fsp3) is 0.207. The average Bonchev–Trinajstić information content (AvgIpc) is 3.52. The van der Waals surface area contributed by atoms with E-state index in [0.29, 0.717) is 44.3 Å². The summed E-state index contributed by atoms with van der Waals surface area (Å²) in [5, 5.41) is 23.1. The van der Waals surface area contributed by atoms with Crippen molar-refractivity contribution in [3.05, 3.63) is 122 Å². The molecule has 0 N–H and O–H groups in total. The zero-order valence-corrected chi connectivity index (χ0v) is 23.8. The second-order valence-electron chi connectivity index (χ2n) is 9.57. The first-order valence-electron chi connectivity index (χ1n) is 12.8. The number of carbonyl (C=O) groups excluding carboxylic acids is 1. The number of carbonyl (C=O) groups is 1. The number of furan rings is 1. The Kier molecular flexibility index (Phi) is 7.44. The summed E-state index contributed by atoms with van der Waals surface area (Å²) in [6, 6.07) is 11.6. The molecule has 214 valence electrons. The Hall–Kier alpha value is -5.17. The average molecular weight is 589 g/mol. The number of nitro benzene ring substituents is 2. The number of benzene rings is 2. The molecule has 3 heterocycles. The van der Waals surface area contributed by atoms with Gasteiger partial charge in [-0.3, -0.25) is 29.6 Å². The highest BCUT2D eigenvalue weighted by atomic mass is 32.1. The Morgan fingerprint density at radius 2 is 1.71 bits per heavy atom. The largest absolute Gasteiger partial charge is 0.463 e. The Balaban J connectivity index is 1.65. The summed E-state index contributed by atoms with van der Waals surface area (Å²) < 4.78 is 12.7. The van der Waals surface area contributed by atoms with E-state index >= 15 is 0 Å². The highest BCUT2D eigenvalue weighted by Gasteiger charge is 2.34. The van der Waals surface area contributed by atoms with E-state index < -0.39 is 27.4 Å². The number of ether oxygens (including phenoxy) is 1. The SMILES string of the molecule is CCOC(=O)C1=C(C)N=c2s/c(=C/c3ccc(-c4ccc(C)c([N+](=O)[O-])c4)o3)c(=O)n2[C@H]1c1ccc(C)c([N+](=O)[O-])c1. The molecule has 42 heavy (non-hydrogen) atoms. The highest BCUT2D eigenvalue weighted by molar-refractivity contribution is 7.07. The quantitative estimate of drug-likeness (QED) is 0.173. The first-order chi connectivity index (χ1) is 20.0. The molecule has 4 aromatic rings. The topological polar surface area (TPSA) is 160 Å². The van der Waals surface area contributed by atoms with Crippen LogP contribution in [0.5, 0.6) is 0 Å². The number of hydrogen-bond acceptors (Lipinski definition) is 10. The van der Waals surface area contributed by atoms with Crippen molar-refractivity contribution >= 4 is 34.8 Å². The van der Waals surface area contributed by atoms with Crippen molar-refractivity contribution in [2.45, 2.75) is 33.7 Å². The molecule has 0 spiro atoms. The number of hydrogen-bond donors (Lipinski definition) is 0. The maximum absolute atomic E-state index is 13.8. The third-order valence-electron chi connectivity index (χ3n) is 6.85. The standard InChI is InChI=1S/C29H24N4O8S/c1-5-40-28(35)25-17(4)30-29-31(26(25)19-9-7-16(3)22(13-19)33(38)39)27(34)24(42-29)14-20-10-11-23(41-20)18-8-6-15(2)21(12-18)32(36)37/h6-14,26H,5H2,1-4H3/b24-14+/t26-/m0/s1. The van der Waals surface area contributed by atoms with Gasteiger partial charge in [-0.25, -0.2) is 9.79 Å².